The molecule has 3 N–H and O–H groups in total. The van der Waals surface area contributed by atoms with E-state index in [9.17, 15) is 0 Å². The van der Waals surface area contributed by atoms with Gasteiger partial charge >= 0.3 is 0 Å². The van der Waals surface area contributed by atoms with Gasteiger partial charge in [-0.2, -0.15) is 15.0 Å². The van der Waals surface area contributed by atoms with Crippen molar-refractivity contribution in [2.75, 3.05) is 42.8 Å². The van der Waals surface area contributed by atoms with Gasteiger partial charge in [-0.1, -0.05) is 13.8 Å². The van der Waals surface area contributed by atoms with Gasteiger partial charge in [-0.3, -0.25) is 0 Å². The van der Waals surface area contributed by atoms with Gasteiger partial charge in [0.05, 0.1) is 12.6 Å². The number of hydrogen-bond acceptors (Lipinski definition) is 7. The molecule has 0 radical (unpaired) electrons. The number of piperidine rings is 1. The SMILES string of the molecule is COCC(Nc1nc(N)nc(N2CCCCC2)n1)C(C)C. The number of anilines is 3. The minimum absolute atomic E-state index is 0.144. The molecule has 0 bridgehead atoms. The Labute approximate surface area is 126 Å². The van der Waals surface area contributed by atoms with E-state index in [-0.39, 0.29) is 12.0 Å². The Morgan fingerprint density at radius 3 is 2.52 bits per heavy atom. The molecule has 21 heavy (non-hydrogen) atoms. The van der Waals surface area contributed by atoms with Gasteiger partial charge in [0.1, 0.15) is 0 Å². The third-order valence-corrected chi connectivity index (χ3v) is 3.75. The Balaban J connectivity index is 2.13. The second-order valence-electron chi connectivity index (χ2n) is 5.82. The van der Waals surface area contributed by atoms with E-state index in [1.807, 2.05) is 0 Å². The quantitative estimate of drug-likeness (QED) is 0.822. The Kier molecular flexibility index (Phi) is 5.55. The largest absolute Gasteiger partial charge is 0.383 e. The molecule has 1 fully saturated rings. The average molecular weight is 294 g/mol. The number of hydrogen-bond donors (Lipinski definition) is 2. The van der Waals surface area contributed by atoms with Crippen LogP contribution in [0.4, 0.5) is 17.8 Å². The first kappa shape index (κ1) is 15.8. The van der Waals surface area contributed by atoms with Crippen LogP contribution in [-0.4, -0.2) is 47.8 Å². The van der Waals surface area contributed by atoms with Gasteiger partial charge in [0.15, 0.2) is 0 Å². The summed E-state index contributed by atoms with van der Waals surface area (Å²) in [6.45, 7) is 6.82. The van der Waals surface area contributed by atoms with Gasteiger partial charge in [-0.25, -0.2) is 0 Å². The zero-order valence-electron chi connectivity index (χ0n) is 13.2. The van der Waals surface area contributed by atoms with Crippen LogP contribution in [0.3, 0.4) is 0 Å². The van der Waals surface area contributed by atoms with Crippen molar-refractivity contribution in [2.24, 2.45) is 5.92 Å². The summed E-state index contributed by atoms with van der Waals surface area (Å²) >= 11 is 0. The van der Waals surface area contributed by atoms with Crippen LogP contribution in [0.5, 0.6) is 0 Å². The van der Waals surface area contributed by atoms with Crippen LogP contribution in [-0.2, 0) is 4.74 Å². The molecule has 0 spiro atoms. The highest BCUT2D eigenvalue weighted by atomic mass is 16.5. The molecule has 7 nitrogen and oxygen atoms in total. The molecule has 1 unspecified atom stereocenters. The second-order valence-corrected chi connectivity index (χ2v) is 5.82. The van der Waals surface area contributed by atoms with Gasteiger partial charge in [0.2, 0.25) is 17.8 Å². The van der Waals surface area contributed by atoms with E-state index in [4.69, 9.17) is 10.5 Å². The van der Waals surface area contributed by atoms with Crippen molar-refractivity contribution in [1.29, 1.82) is 0 Å². The first-order chi connectivity index (χ1) is 10.1. The fourth-order valence-electron chi connectivity index (χ4n) is 2.43. The van der Waals surface area contributed by atoms with Crippen molar-refractivity contribution in [3.63, 3.8) is 0 Å². The lowest BCUT2D eigenvalue weighted by atomic mass is 10.1. The van der Waals surface area contributed by atoms with Crippen LogP contribution >= 0.6 is 0 Å². The second kappa shape index (κ2) is 7.40. The fraction of sp³-hybridized carbons (Fsp3) is 0.786. The standard InChI is InChI=1S/C14H26N6O/c1-10(2)11(9-21-3)16-13-17-12(15)18-14(19-13)20-7-5-4-6-8-20/h10-11H,4-9H2,1-3H3,(H3,15,16,17,18,19). The highest BCUT2D eigenvalue weighted by Gasteiger charge is 2.18. The summed E-state index contributed by atoms with van der Waals surface area (Å²) < 4.78 is 5.24. The molecule has 0 aromatic carbocycles. The molecule has 2 rings (SSSR count). The number of methoxy groups -OCH3 is 1. The molecule has 7 heteroatoms. The molecule has 118 valence electrons. The van der Waals surface area contributed by atoms with E-state index < -0.39 is 0 Å². The molecule has 0 aliphatic carbocycles. The summed E-state index contributed by atoms with van der Waals surface area (Å²) in [5.74, 6) is 1.86. The van der Waals surface area contributed by atoms with E-state index >= 15 is 0 Å². The maximum atomic E-state index is 5.83. The summed E-state index contributed by atoms with van der Waals surface area (Å²) in [6.07, 6.45) is 3.62. The lowest BCUT2D eigenvalue weighted by Gasteiger charge is -2.27. The molecule has 1 atom stereocenters. The van der Waals surface area contributed by atoms with E-state index in [1.165, 1.54) is 19.3 Å². The lowest BCUT2D eigenvalue weighted by Crippen LogP contribution is -2.34. The monoisotopic (exact) mass is 294 g/mol. The van der Waals surface area contributed by atoms with Crippen molar-refractivity contribution in [2.45, 2.75) is 39.2 Å². The van der Waals surface area contributed by atoms with Crippen molar-refractivity contribution < 1.29 is 4.74 Å². The smallest absolute Gasteiger partial charge is 0.231 e. The summed E-state index contributed by atoms with van der Waals surface area (Å²) in [4.78, 5) is 15.2. The maximum Gasteiger partial charge on any atom is 0.231 e. The van der Waals surface area contributed by atoms with E-state index in [0.717, 1.165) is 13.1 Å². The van der Waals surface area contributed by atoms with Gasteiger partial charge in [0, 0.05) is 20.2 Å². The van der Waals surface area contributed by atoms with Crippen LogP contribution in [0.25, 0.3) is 0 Å². The van der Waals surface area contributed by atoms with Crippen molar-refractivity contribution in [3.05, 3.63) is 0 Å². The highest BCUT2D eigenvalue weighted by Crippen LogP contribution is 2.18. The third-order valence-electron chi connectivity index (χ3n) is 3.75. The third kappa shape index (κ3) is 4.42. The molecule has 1 aromatic heterocycles. The molecule has 1 saturated heterocycles. The number of nitrogens with zero attached hydrogens (tertiary/aromatic N) is 4. The summed E-state index contributed by atoms with van der Waals surface area (Å²) in [7, 11) is 1.69. The Hall–Kier alpha value is -1.63. The van der Waals surface area contributed by atoms with Gasteiger partial charge < -0.3 is 20.7 Å². The molecule has 0 amide bonds. The maximum absolute atomic E-state index is 5.83. The predicted molar refractivity (Wildman–Crippen MR) is 84.4 cm³/mol. The number of nitrogens with two attached hydrogens (primary N) is 1. The van der Waals surface area contributed by atoms with Crippen LogP contribution in [0.15, 0.2) is 0 Å². The fourth-order valence-corrected chi connectivity index (χ4v) is 2.43. The molecule has 1 aromatic rings. The van der Waals surface area contributed by atoms with E-state index in [2.05, 4.69) is 39.0 Å². The summed E-state index contributed by atoms with van der Waals surface area (Å²) in [6, 6.07) is 0.144. The zero-order valence-corrected chi connectivity index (χ0v) is 13.2. The lowest BCUT2D eigenvalue weighted by molar-refractivity contribution is 0.171. The predicted octanol–water partition coefficient (Wildman–Crippen LogP) is 1.53. The van der Waals surface area contributed by atoms with Crippen molar-refractivity contribution in [3.8, 4) is 0 Å². The van der Waals surface area contributed by atoms with Crippen molar-refractivity contribution >= 4 is 17.8 Å². The molecular formula is C14H26N6O. The minimum Gasteiger partial charge on any atom is -0.383 e. The number of nitrogens with one attached hydrogen (secondary N) is 1. The molecule has 1 aliphatic rings. The summed E-state index contributed by atoms with van der Waals surface area (Å²) in [5.41, 5.74) is 5.83. The average Bonchev–Trinajstić information content (AvgIpc) is 2.47. The Morgan fingerprint density at radius 2 is 1.90 bits per heavy atom. The first-order valence-electron chi connectivity index (χ1n) is 7.62. The van der Waals surface area contributed by atoms with Gasteiger partial charge in [0.25, 0.3) is 0 Å². The van der Waals surface area contributed by atoms with E-state index in [0.29, 0.717) is 24.4 Å². The minimum atomic E-state index is 0.144. The van der Waals surface area contributed by atoms with Crippen LogP contribution in [0, 0.1) is 5.92 Å². The van der Waals surface area contributed by atoms with E-state index in [1.54, 1.807) is 7.11 Å². The van der Waals surface area contributed by atoms with Crippen LogP contribution < -0.4 is 16.0 Å². The van der Waals surface area contributed by atoms with Gasteiger partial charge in [-0.15, -0.1) is 0 Å². The topological polar surface area (TPSA) is 89.2 Å². The number of ether oxygens (including phenoxy) is 1. The number of rotatable bonds is 6. The zero-order chi connectivity index (χ0) is 15.2. The number of nitrogen functional groups attached to an aromatic ring is 1. The summed E-state index contributed by atoms with van der Waals surface area (Å²) in [5, 5.41) is 3.31. The number of aromatic nitrogens is 3. The highest BCUT2D eigenvalue weighted by molar-refractivity contribution is 5.42. The first-order valence-corrected chi connectivity index (χ1v) is 7.62. The van der Waals surface area contributed by atoms with Crippen LogP contribution in [0.1, 0.15) is 33.1 Å². The molecule has 0 saturated carbocycles. The van der Waals surface area contributed by atoms with Crippen molar-refractivity contribution in [1.82, 2.24) is 15.0 Å². The Bertz CT molecular complexity index is 447. The van der Waals surface area contributed by atoms with Gasteiger partial charge in [-0.05, 0) is 25.2 Å². The normalized spacial score (nSPS) is 17.0. The van der Waals surface area contributed by atoms with Crippen LogP contribution in [0.2, 0.25) is 0 Å². The molecular weight excluding hydrogens is 268 g/mol. The molecule has 2 heterocycles. The molecule has 1 aliphatic heterocycles. The Morgan fingerprint density at radius 1 is 1.19 bits per heavy atom.